The summed E-state index contributed by atoms with van der Waals surface area (Å²) >= 11 is 7.61. The van der Waals surface area contributed by atoms with Crippen molar-refractivity contribution in [3.63, 3.8) is 0 Å². The Hall–Kier alpha value is -2.18. The van der Waals surface area contributed by atoms with Crippen molar-refractivity contribution in [3.05, 3.63) is 58.6 Å². The number of nitrogens with zero attached hydrogens (tertiary/aromatic N) is 1. The zero-order valence-electron chi connectivity index (χ0n) is 15.6. The molecule has 144 valence electrons. The molecule has 0 saturated carbocycles. The number of hydrogen-bond donors (Lipinski definition) is 1. The highest BCUT2D eigenvalue weighted by Crippen LogP contribution is 2.28. The quantitative estimate of drug-likeness (QED) is 0.491. The molecule has 5 nitrogen and oxygen atoms in total. The first-order valence-electron chi connectivity index (χ1n) is 8.48. The first kappa shape index (κ1) is 21.1. The molecule has 0 bridgehead atoms. The van der Waals surface area contributed by atoms with Crippen molar-refractivity contribution in [3.8, 4) is 11.5 Å². The smallest absolute Gasteiger partial charge is 0.250 e. The van der Waals surface area contributed by atoms with E-state index < -0.39 is 0 Å². The van der Waals surface area contributed by atoms with Crippen molar-refractivity contribution < 1.29 is 14.3 Å². The van der Waals surface area contributed by atoms with E-state index in [1.54, 1.807) is 14.2 Å². The van der Waals surface area contributed by atoms with E-state index >= 15 is 0 Å². The van der Waals surface area contributed by atoms with Gasteiger partial charge in [-0.1, -0.05) is 36.7 Å². The first-order chi connectivity index (χ1) is 13.1. The number of hydrazone groups is 1. The average Bonchev–Trinajstić information content (AvgIpc) is 2.69. The molecule has 0 aromatic heterocycles. The third kappa shape index (κ3) is 6.19. The summed E-state index contributed by atoms with van der Waals surface area (Å²) in [6.07, 6.45) is 0.669. The Morgan fingerprint density at radius 2 is 1.89 bits per heavy atom. The number of carbonyl (C=O) groups is 1. The fourth-order valence-corrected chi connectivity index (χ4v) is 3.50. The van der Waals surface area contributed by atoms with E-state index in [9.17, 15) is 4.79 Å². The molecule has 0 fully saturated rings. The minimum Gasteiger partial charge on any atom is -0.493 e. The van der Waals surface area contributed by atoms with E-state index in [2.05, 4.69) is 10.5 Å². The molecule has 1 amide bonds. The molecule has 0 atom stereocenters. The lowest BCUT2D eigenvalue weighted by Crippen LogP contribution is -2.21. The van der Waals surface area contributed by atoms with Crippen LogP contribution in [0.1, 0.15) is 24.5 Å². The number of carbonyl (C=O) groups excluding carboxylic acids is 1. The van der Waals surface area contributed by atoms with Crippen LogP contribution in [0.4, 0.5) is 0 Å². The summed E-state index contributed by atoms with van der Waals surface area (Å²) in [6.45, 7) is 1.98. The Labute approximate surface area is 169 Å². The molecule has 0 unspecified atom stereocenters. The lowest BCUT2D eigenvalue weighted by atomic mass is 10.1. The van der Waals surface area contributed by atoms with Gasteiger partial charge in [0.15, 0.2) is 11.5 Å². The number of nitrogens with one attached hydrogen (secondary N) is 1. The fraction of sp³-hybridized carbons (Fsp3) is 0.300. The maximum absolute atomic E-state index is 12.1. The van der Waals surface area contributed by atoms with Crippen LogP contribution in [0.2, 0.25) is 5.02 Å². The summed E-state index contributed by atoms with van der Waals surface area (Å²) < 4.78 is 10.6. The number of thioether (sulfide) groups is 1. The van der Waals surface area contributed by atoms with Crippen molar-refractivity contribution in [2.24, 2.45) is 5.10 Å². The van der Waals surface area contributed by atoms with Crippen molar-refractivity contribution in [2.45, 2.75) is 19.1 Å². The van der Waals surface area contributed by atoms with Crippen LogP contribution in [0, 0.1) is 0 Å². The first-order valence-corrected chi connectivity index (χ1v) is 10.0. The van der Waals surface area contributed by atoms with Crippen LogP contribution >= 0.6 is 23.4 Å². The molecule has 0 saturated heterocycles. The minimum absolute atomic E-state index is 0.154. The number of benzene rings is 2. The zero-order chi connectivity index (χ0) is 19.6. The second-order valence-electron chi connectivity index (χ2n) is 5.60. The van der Waals surface area contributed by atoms with Gasteiger partial charge in [0, 0.05) is 16.3 Å². The SMILES string of the molecule is CC/C(=N\NC(=O)CSCc1ccccc1Cl)c1ccc(OC)c(OC)c1. The number of ether oxygens (including phenoxy) is 2. The Morgan fingerprint density at radius 3 is 2.56 bits per heavy atom. The molecule has 0 aliphatic rings. The molecule has 1 N–H and O–H groups in total. The molecule has 0 spiro atoms. The normalized spacial score (nSPS) is 11.2. The Kier molecular flexibility index (Phi) is 8.48. The molecule has 2 aromatic carbocycles. The molecular formula is C20H23ClN2O3S. The maximum atomic E-state index is 12.1. The highest BCUT2D eigenvalue weighted by molar-refractivity contribution is 7.99. The van der Waals surface area contributed by atoms with E-state index in [0.29, 0.717) is 34.4 Å². The topological polar surface area (TPSA) is 59.9 Å². The predicted octanol–water partition coefficient (Wildman–Crippen LogP) is 4.52. The molecule has 0 aliphatic carbocycles. The number of methoxy groups -OCH3 is 2. The summed E-state index contributed by atoms with van der Waals surface area (Å²) in [7, 11) is 3.18. The lowest BCUT2D eigenvalue weighted by molar-refractivity contribution is -0.118. The van der Waals surface area contributed by atoms with E-state index in [4.69, 9.17) is 21.1 Å². The summed E-state index contributed by atoms with van der Waals surface area (Å²) in [6, 6.07) is 13.2. The second-order valence-corrected chi connectivity index (χ2v) is 6.99. The van der Waals surface area contributed by atoms with Crippen LogP contribution in [-0.4, -0.2) is 31.6 Å². The van der Waals surface area contributed by atoms with Crippen molar-refractivity contribution in [1.29, 1.82) is 0 Å². The van der Waals surface area contributed by atoms with Crippen LogP contribution < -0.4 is 14.9 Å². The Morgan fingerprint density at radius 1 is 1.15 bits per heavy atom. The molecule has 7 heteroatoms. The van der Waals surface area contributed by atoms with Gasteiger partial charge >= 0.3 is 0 Å². The largest absolute Gasteiger partial charge is 0.493 e. The van der Waals surface area contributed by atoms with Crippen molar-refractivity contribution in [2.75, 3.05) is 20.0 Å². The van der Waals surface area contributed by atoms with Gasteiger partial charge in [-0.15, -0.1) is 11.8 Å². The molecule has 2 rings (SSSR count). The van der Waals surface area contributed by atoms with Crippen LogP contribution in [0.5, 0.6) is 11.5 Å². The predicted molar refractivity (Wildman–Crippen MR) is 112 cm³/mol. The number of amides is 1. The van der Waals surface area contributed by atoms with E-state index in [1.165, 1.54) is 11.8 Å². The van der Waals surface area contributed by atoms with E-state index in [-0.39, 0.29) is 5.91 Å². The summed E-state index contributed by atoms with van der Waals surface area (Å²) in [5.74, 6) is 2.10. The van der Waals surface area contributed by atoms with Gasteiger partial charge in [0.2, 0.25) is 5.91 Å². The van der Waals surface area contributed by atoms with Gasteiger partial charge < -0.3 is 9.47 Å². The highest BCUT2D eigenvalue weighted by atomic mass is 35.5. The third-order valence-corrected chi connectivity index (χ3v) is 5.17. The molecule has 0 aliphatic heterocycles. The van der Waals surface area contributed by atoms with Gasteiger partial charge in [-0.25, -0.2) is 5.43 Å². The van der Waals surface area contributed by atoms with Gasteiger partial charge in [0.05, 0.1) is 25.7 Å². The van der Waals surface area contributed by atoms with Gasteiger partial charge in [-0.05, 0) is 36.2 Å². The monoisotopic (exact) mass is 406 g/mol. The van der Waals surface area contributed by atoms with E-state index in [0.717, 1.165) is 16.8 Å². The highest BCUT2D eigenvalue weighted by Gasteiger charge is 2.09. The molecule has 2 aromatic rings. The Bertz CT molecular complexity index is 812. The molecule has 0 radical (unpaired) electrons. The number of hydrogen-bond acceptors (Lipinski definition) is 5. The van der Waals surface area contributed by atoms with Crippen LogP contribution in [0.3, 0.4) is 0 Å². The summed E-state index contributed by atoms with van der Waals surface area (Å²) in [5.41, 5.74) is 5.27. The Balaban J connectivity index is 1.94. The van der Waals surface area contributed by atoms with E-state index in [1.807, 2.05) is 49.4 Å². The van der Waals surface area contributed by atoms with Crippen LogP contribution in [-0.2, 0) is 10.5 Å². The lowest BCUT2D eigenvalue weighted by Gasteiger charge is -2.10. The average molecular weight is 407 g/mol. The van der Waals surface area contributed by atoms with Gasteiger partial charge in [0.1, 0.15) is 0 Å². The minimum atomic E-state index is -0.154. The fourth-order valence-electron chi connectivity index (χ4n) is 2.39. The van der Waals surface area contributed by atoms with Gasteiger partial charge in [-0.3, -0.25) is 4.79 Å². The third-order valence-electron chi connectivity index (χ3n) is 3.82. The van der Waals surface area contributed by atoms with Crippen molar-refractivity contribution >= 4 is 35.0 Å². The summed E-state index contributed by atoms with van der Waals surface area (Å²) in [4.78, 5) is 12.1. The van der Waals surface area contributed by atoms with Gasteiger partial charge in [0.25, 0.3) is 0 Å². The number of halogens is 1. The van der Waals surface area contributed by atoms with Gasteiger partial charge in [-0.2, -0.15) is 5.10 Å². The summed E-state index contributed by atoms with van der Waals surface area (Å²) in [5, 5.41) is 4.98. The number of rotatable bonds is 9. The van der Waals surface area contributed by atoms with Crippen LogP contribution in [0.15, 0.2) is 47.6 Å². The maximum Gasteiger partial charge on any atom is 0.250 e. The van der Waals surface area contributed by atoms with Crippen molar-refractivity contribution in [1.82, 2.24) is 5.43 Å². The second kappa shape index (κ2) is 10.8. The van der Waals surface area contributed by atoms with Crippen LogP contribution in [0.25, 0.3) is 0 Å². The molecule has 0 heterocycles. The molecule has 27 heavy (non-hydrogen) atoms. The standard InChI is InChI=1S/C20H23ClN2O3S/c1-4-17(14-9-10-18(25-2)19(11-14)26-3)22-23-20(24)13-27-12-15-7-5-6-8-16(15)21/h5-11H,4,12-13H2,1-3H3,(H,23,24)/b22-17+. The molecular weight excluding hydrogens is 384 g/mol. The zero-order valence-corrected chi connectivity index (χ0v) is 17.2.